The van der Waals surface area contributed by atoms with Crippen LogP contribution in [0.25, 0.3) is 22.2 Å². The van der Waals surface area contributed by atoms with Crippen LogP contribution in [0.4, 0.5) is 5.69 Å². The smallest absolute Gasteiger partial charge is 0.256 e. The van der Waals surface area contributed by atoms with Crippen molar-refractivity contribution >= 4 is 22.5 Å². The Morgan fingerprint density at radius 1 is 1.08 bits per heavy atom. The van der Waals surface area contributed by atoms with Crippen molar-refractivity contribution in [3.05, 3.63) is 78.6 Å². The molecule has 0 aliphatic carbocycles. The number of nitrogens with zero attached hydrogens (tertiary/aromatic N) is 3. The van der Waals surface area contributed by atoms with Gasteiger partial charge in [0.05, 0.1) is 23.0 Å². The van der Waals surface area contributed by atoms with Crippen molar-refractivity contribution in [3.63, 3.8) is 0 Å². The van der Waals surface area contributed by atoms with Crippen LogP contribution in [0, 0.1) is 0 Å². The summed E-state index contributed by atoms with van der Waals surface area (Å²) in [5.41, 5.74) is 3.78. The van der Waals surface area contributed by atoms with E-state index < -0.39 is 0 Å². The summed E-state index contributed by atoms with van der Waals surface area (Å²) in [4.78, 5) is 17.6. The summed E-state index contributed by atoms with van der Waals surface area (Å²) in [5, 5.41) is 8.09. The average Bonchev–Trinajstić information content (AvgIpc) is 3.17. The van der Waals surface area contributed by atoms with Crippen molar-refractivity contribution in [1.29, 1.82) is 0 Å². The van der Waals surface area contributed by atoms with E-state index >= 15 is 0 Å². The Balaban J connectivity index is 1.80. The molecule has 4 aromatic rings. The first-order valence-electron chi connectivity index (χ1n) is 8.53. The number of aromatic nitrogens is 3. The molecule has 5 nitrogen and oxygen atoms in total. The van der Waals surface area contributed by atoms with Crippen molar-refractivity contribution in [1.82, 2.24) is 14.8 Å². The van der Waals surface area contributed by atoms with E-state index in [1.807, 2.05) is 78.5 Å². The number of hydrogen-bond acceptors (Lipinski definition) is 3. The van der Waals surface area contributed by atoms with Gasteiger partial charge in [-0.2, -0.15) is 5.10 Å². The SMILES string of the molecule is CCn1cc(-c2cc(C(=O)Nc3ccccc3)c3ccccc3n2)cn1. The van der Waals surface area contributed by atoms with Crippen LogP contribution >= 0.6 is 0 Å². The lowest BCUT2D eigenvalue weighted by atomic mass is 10.0. The van der Waals surface area contributed by atoms with Gasteiger partial charge in [-0.05, 0) is 31.2 Å². The van der Waals surface area contributed by atoms with E-state index in [9.17, 15) is 4.79 Å². The van der Waals surface area contributed by atoms with Crippen LogP contribution in [0.1, 0.15) is 17.3 Å². The highest BCUT2D eigenvalue weighted by atomic mass is 16.1. The van der Waals surface area contributed by atoms with E-state index in [0.29, 0.717) is 5.56 Å². The van der Waals surface area contributed by atoms with E-state index in [-0.39, 0.29) is 5.91 Å². The van der Waals surface area contributed by atoms with Crippen molar-refractivity contribution in [2.75, 3.05) is 5.32 Å². The molecule has 0 bridgehead atoms. The van der Waals surface area contributed by atoms with Crippen LogP contribution < -0.4 is 5.32 Å². The zero-order valence-electron chi connectivity index (χ0n) is 14.4. The lowest BCUT2D eigenvalue weighted by molar-refractivity contribution is 0.102. The Bertz CT molecular complexity index is 1070. The first-order valence-corrected chi connectivity index (χ1v) is 8.53. The number of rotatable bonds is 4. The zero-order chi connectivity index (χ0) is 17.9. The van der Waals surface area contributed by atoms with Crippen LogP contribution in [0.3, 0.4) is 0 Å². The molecule has 0 saturated heterocycles. The number of benzene rings is 2. The van der Waals surface area contributed by atoms with Gasteiger partial charge in [-0.3, -0.25) is 9.48 Å². The maximum atomic E-state index is 12.9. The van der Waals surface area contributed by atoms with Gasteiger partial charge in [-0.25, -0.2) is 4.98 Å². The van der Waals surface area contributed by atoms with Crippen molar-refractivity contribution in [2.24, 2.45) is 0 Å². The van der Waals surface area contributed by atoms with Crippen LogP contribution in [0.15, 0.2) is 73.1 Å². The molecule has 0 saturated carbocycles. The number of carbonyl (C=O) groups is 1. The monoisotopic (exact) mass is 342 g/mol. The number of nitrogens with one attached hydrogen (secondary N) is 1. The number of para-hydroxylation sites is 2. The number of fused-ring (bicyclic) bond motifs is 1. The predicted molar refractivity (Wildman–Crippen MR) is 103 cm³/mol. The molecule has 5 heteroatoms. The van der Waals surface area contributed by atoms with Gasteiger partial charge in [0.1, 0.15) is 0 Å². The van der Waals surface area contributed by atoms with E-state index in [2.05, 4.69) is 10.4 Å². The number of hydrogen-bond donors (Lipinski definition) is 1. The summed E-state index contributed by atoms with van der Waals surface area (Å²) in [6.07, 6.45) is 3.72. The van der Waals surface area contributed by atoms with Gasteiger partial charge < -0.3 is 5.32 Å². The second kappa shape index (κ2) is 6.80. The molecule has 2 heterocycles. The van der Waals surface area contributed by atoms with Crippen molar-refractivity contribution < 1.29 is 4.79 Å². The molecular weight excluding hydrogens is 324 g/mol. The van der Waals surface area contributed by atoms with E-state index in [4.69, 9.17) is 4.98 Å². The quantitative estimate of drug-likeness (QED) is 0.599. The third-order valence-electron chi connectivity index (χ3n) is 4.25. The number of anilines is 1. The Kier molecular flexibility index (Phi) is 4.19. The van der Waals surface area contributed by atoms with Gasteiger partial charge >= 0.3 is 0 Å². The predicted octanol–water partition coefficient (Wildman–Crippen LogP) is 4.37. The molecule has 0 aliphatic rings. The maximum Gasteiger partial charge on any atom is 0.256 e. The largest absolute Gasteiger partial charge is 0.322 e. The fraction of sp³-hybridized carbons (Fsp3) is 0.0952. The summed E-state index contributed by atoms with van der Waals surface area (Å²) in [5.74, 6) is -0.154. The third kappa shape index (κ3) is 3.07. The summed E-state index contributed by atoms with van der Waals surface area (Å²) < 4.78 is 1.84. The molecule has 0 spiro atoms. The number of pyridine rings is 1. The molecular formula is C21H18N4O. The van der Waals surface area contributed by atoms with Gasteiger partial charge in [0.15, 0.2) is 0 Å². The standard InChI is InChI=1S/C21H18N4O/c1-2-25-14-15(13-22-25)20-12-18(17-10-6-7-11-19(17)24-20)21(26)23-16-8-4-3-5-9-16/h3-14H,2H2,1H3,(H,23,26). The topological polar surface area (TPSA) is 59.8 Å². The number of amides is 1. The molecule has 0 unspecified atom stereocenters. The molecule has 0 atom stereocenters. The first kappa shape index (κ1) is 16.0. The average molecular weight is 342 g/mol. The Morgan fingerprint density at radius 2 is 1.85 bits per heavy atom. The third-order valence-corrected chi connectivity index (χ3v) is 4.25. The fourth-order valence-corrected chi connectivity index (χ4v) is 2.90. The van der Waals surface area contributed by atoms with E-state index in [1.54, 1.807) is 6.20 Å². The highest BCUT2D eigenvalue weighted by Gasteiger charge is 2.15. The van der Waals surface area contributed by atoms with Gasteiger partial charge in [-0.15, -0.1) is 0 Å². The molecule has 4 rings (SSSR count). The molecule has 1 amide bonds. The second-order valence-corrected chi connectivity index (χ2v) is 5.98. The van der Waals surface area contributed by atoms with Gasteiger partial charge in [0.25, 0.3) is 5.91 Å². The highest BCUT2D eigenvalue weighted by Crippen LogP contribution is 2.25. The number of aryl methyl sites for hydroxylation is 1. The number of carbonyl (C=O) groups excluding carboxylic acids is 1. The molecule has 2 aromatic heterocycles. The second-order valence-electron chi connectivity index (χ2n) is 5.98. The van der Waals surface area contributed by atoms with Gasteiger partial charge in [0.2, 0.25) is 0 Å². The Labute approximate surface area is 151 Å². The van der Waals surface area contributed by atoms with Crippen molar-refractivity contribution in [3.8, 4) is 11.3 Å². The minimum absolute atomic E-state index is 0.154. The van der Waals surface area contributed by atoms with Gasteiger partial charge in [0, 0.05) is 29.4 Å². The molecule has 2 aromatic carbocycles. The summed E-state index contributed by atoms with van der Waals surface area (Å²) in [7, 11) is 0. The lowest BCUT2D eigenvalue weighted by Crippen LogP contribution is -2.13. The minimum atomic E-state index is -0.154. The minimum Gasteiger partial charge on any atom is -0.322 e. The van der Waals surface area contributed by atoms with E-state index in [1.165, 1.54) is 0 Å². The maximum absolute atomic E-state index is 12.9. The fourth-order valence-electron chi connectivity index (χ4n) is 2.90. The van der Waals surface area contributed by atoms with Crippen LogP contribution in [0.5, 0.6) is 0 Å². The molecule has 0 aliphatic heterocycles. The molecule has 0 radical (unpaired) electrons. The van der Waals surface area contributed by atoms with Crippen molar-refractivity contribution in [2.45, 2.75) is 13.5 Å². The summed E-state index contributed by atoms with van der Waals surface area (Å²) >= 11 is 0. The van der Waals surface area contributed by atoms with Crippen LogP contribution in [0.2, 0.25) is 0 Å². The Morgan fingerprint density at radius 3 is 2.62 bits per heavy atom. The summed E-state index contributed by atoms with van der Waals surface area (Å²) in [6, 6.07) is 18.9. The Hall–Kier alpha value is -3.47. The normalized spacial score (nSPS) is 10.8. The highest BCUT2D eigenvalue weighted by molar-refractivity contribution is 6.13. The van der Waals surface area contributed by atoms with Gasteiger partial charge in [-0.1, -0.05) is 36.4 Å². The molecule has 1 N–H and O–H groups in total. The van der Waals surface area contributed by atoms with Crippen LogP contribution in [-0.2, 0) is 6.54 Å². The molecule has 0 fully saturated rings. The first-order chi connectivity index (χ1) is 12.7. The lowest BCUT2D eigenvalue weighted by Gasteiger charge is -2.10. The summed E-state index contributed by atoms with van der Waals surface area (Å²) in [6.45, 7) is 2.82. The van der Waals surface area contributed by atoms with E-state index in [0.717, 1.165) is 34.4 Å². The zero-order valence-corrected chi connectivity index (χ0v) is 14.4. The molecule has 26 heavy (non-hydrogen) atoms. The van der Waals surface area contributed by atoms with Crippen LogP contribution in [-0.4, -0.2) is 20.7 Å². The molecule has 128 valence electrons.